The lowest BCUT2D eigenvalue weighted by Gasteiger charge is -2.07. The lowest BCUT2D eigenvalue weighted by Crippen LogP contribution is -2.05. The Labute approximate surface area is 148 Å². The van der Waals surface area contributed by atoms with Gasteiger partial charge in [-0.15, -0.1) is 11.8 Å². The lowest BCUT2D eigenvalue weighted by molar-refractivity contribution is -0.118. The molecule has 0 saturated heterocycles. The summed E-state index contributed by atoms with van der Waals surface area (Å²) in [5.41, 5.74) is 7.50. The van der Waals surface area contributed by atoms with Crippen molar-refractivity contribution in [1.82, 2.24) is 0 Å². The van der Waals surface area contributed by atoms with Crippen LogP contribution >= 0.6 is 11.8 Å². The van der Waals surface area contributed by atoms with Crippen LogP contribution < -0.4 is 10.5 Å². The Morgan fingerprint density at radius 1 is 1.04 bits per heavy atom. The van der Waals surface area contributed by atoms with E-state index in [-0.39, 0.29) is 5.78 Å². The predicted octanol–water partition coefficient (Wildman–Crippen LogP) is 4.74. The zero-order chi connectivity index (χ0) is 17.2. The van der Waals surface area contributed by atoms with Gasteiger partial charge in [0.15, 0.2) is 0 Å². The molecule has 0 aromatic heterocycles. The van der Waals surface area contributed by atoms with E-state index in [1.54, 1.807) is 11.8 Å². The summed E-state index contributed by atoms with van der Waals surface area (Å²) < 4.78 is 5.71. The minimum absolute atomic E-state index is 0.251. The van der Waals surface area contributed by atoms with Crippen LogP contribution in [0.4, 0.5) is 5.69 Å². The number of nitrogens with two attached hydrogens (primary N) is 1. The van der Waals surface area contributed by atoms with Gasteiger partial charge in [-0.3, -0.25) is 4.79 Å². The SMILES string of the molecule is CSc1ccc(OCCCCCC(=O)Cc2ccccc2N)cc1. The second-order valence-corrected chi connectivity index (χ2v) is 6.63. The molecule has 0 aliphatic heterocycles. The highest BCUT2D eigenvalue weighted by Gasteiger charge is 2.06. The number of carbonyl (C=O) groups is 1. The first kappa shape index (κ1) is 18.4. The summed E-state index contributed by atoms with van der Waals surface area (Å²) in [6.45, 7) is 0.693. The molecule has 2 rings (SSSR count). The van der Waals surface area contributed by atoms with Crippen molar-refractivity contribution in [2.24, 2.45) is 0 Å². The minimum atomic E-state index is 0.251. The summed E-state index contributed by atoms with van der Waals surface area (Å²) in [5.74, 6) is 1.16. The number of thioether (sulfide) groups is 1. The molecule has 0 aliphatic rings. The molecular formula is C20H25NO2S. The largest absolute Gasteiger partial charge is 0.494 e. The number of ketones is 1. The molecule has 2 aromatic rings. The highest BCUT2D eigenvalue weighted by Crippen LogP contribution is 2.19. The highest BCUT2D eigenvalue weighted by atomic mass is 32.2. The molecule has 0 radical (unpaired) electrons. The average Bonchev–Trinajstić information content (AvgIpc) is 2.60. The van der Waals surface area contributed by atoms with Crippen LogP contribution in [-0.2, 0) is 11.2 Å². The normalized spacial score (nSPS) is 10.5. The second kappa shape index (κ2) is 10.0. The number of unbranched alkanes of at least 4 members (excludes halogenated alkanes) is 2. The van der Waals surface area contributed by atoms with Crippen molar-refractivity contribution >= 4 is 23.2 Å². The number of anilines is 1. The second-order valence-electron chi connectivity index (χ2n) is 5.75. The molecule has 128 valence electrons. The molecule has 0 spiro atoms. The van der Waals surface area contributed by atoms with Gasteiger partial charge in [0.25, 0.3) is 0 Å². The van der Waals surface area contributed by atoms with Crippen LogP contribution in [0.5, 0.6) is 5.75 Å². The first-order valence-electron chi connectivity index (χ1n) is 8.31. The maximum atomic E-state index is 12.0. The molecule has 0 bridgehead atoms. The van der Waals surface area contributed by atoms with E-state index in [1.807, 2.05) is 36.4 Å². The van der Waals surface area contributed by atoms with E-state index in [0.717, 1.165) is 30.6 Å². The quantitative estimate of drug-likeness (QED) is 0.384. The summed E-state index contributed by atoms with van der Waals surface area (Å²) >= 11 is 1.72. The molecule has 0 fully saturated rings. The van der Waals surface area contributed by atoms with Crippen LogP contribution in [0.1, 0.15) is 31.2 Å². The predicted molar refractivity (Wildman–Crippen MR) is 102 cm³/mol. The number of ether oxygens (including phenoxy) is 1. The van der Waals surface area contributed by atoms with E-state index in [1.165, 1.54) is 4.90 Å². The molecule has 0 saturated carbocycles. The van der Waals surface area contributed by atoms with E-state index >= 15 is 0 Å². The van der Waals surface area contributed by atoms with Crippen LogP contribution in [0.25, 0.3) is 0 Å². The molecule has 0 heterocycles. The summed E-state index contributed by atoms with van der Waals surface area (Å²) in [6.07, 6.45) is 5.97. The third kappa shape index (κ3) is 6.28. The molecule has 4 heteroatoms. The molecule has 0 atom stereocenters. The van der Waals surface area contributed by atoms with Crippen LogP contribution in [0.3, 0.4) is 0 Å². The van der Waals surface area contributed by atoms with E-state index in [0.29, 0.717) is 25.1 Å². The van der Waals surface area contributed by atoms with Crippen molar-refractivity contribution in [2.45, 2.75) is 37.0 Å². The van der Waals surface area contributed by atoms with Gasteiger partial charge < -0.3 is 10.5 Å². The topological polar surface area (TPSA) is 52.3 Å². The van der Waals surface area contributed by atoms with Crippen molar-refractivity contribution in [3.63, 3.8) is 0 Å². The van der Waals surface area contributed by atoms with E-state index in [4.69, 9.17) is 10.5 Å². The van der Waals surface area contributed by atoms with Crippen molar-refractivity contribution in [1.29, 1.82) is 0 Å². The fourth-order valence-electron chi connectivity index (χ4n) is 2.46. The van der Waals surface area contributed by atoms with Crippen LogP contribution in [0.15, 0.2) is 53.4 Å². The number of hydrogen-bond donors (Lipinski definition) is 1. The monoisotopic (exact) mass is 343 g/mol. The number of nitrogen functional groups attached to an aromatic ring is 1. The van der Waals surface area contributed by atoms with Crippen LogP contribution in [0.2, 0.25) is 0 Å². The Morgan fingerprint density at radius 2 is 1.79 bits per heavy atom. The molecule has 0 amide bonds. The number of rotatable bonds is 10. The van der Waals surface area contributed by atoms with Gasteiger partial charge in [0.05, 0.1) is 6.61 Å². The van der Waals surface area contributed by atoms with E-state index in [9.17, 15) is 4.79 Å². The van der Waals surface area contributed by atoms with Gasteiger partial charge >= 0.3 is 0 Å². The van der Waals surface area contributed by atoms with Crippen molar-refractivity contribution in [3.8, 4) is 5.75 Å². The standard InChI is InChI=1S/C20H25NO2S/c1-24-19-12-10-18(11-13-19)23-14-6-2-3-8-17(22)15-16-7-4-5-9-20(16)21/h4-5,7,9-13H,2-3,6,8,14-15,21H2,1H3. The summed E-state index contributed by atoms with van der Waals surface area (Å²) in [5, 5.41) is 0. The Bertz CT molecular complexity index is 640. The Kier molecular flexibility index (Phi) is 7.69. The number of hydrogen-bond acceptors (Lipinski definition) is 4. The third-order valence-electron chi connectivity index (χ3n) is 3.87. The molecule has 0 unspecified atom stereocenters. The van der Waals surface area contributed by atoms with Gasteiger partial charge in [-0.25, -0.2) is 0 Å². The van der Waals surface area contributed by atoms with Gasteiger partial charge in [0, 0.05) is 23.4 Å². The van der Waals surface area contributed by atoms with Gasteiger partial charge in [-0.1, -0.05) is 18.2 Å². The van der Waals surface area contributed by atoms with Gasteiger partial charge in [0.1, 0.15) is 11.5 Å². The fraction of sp³-hybridized carbons (Fsp3) is 0.350. The Hall–Kier alpha value is -1.94. The average molecular weight is 343 g/mol. The highest BCUT2D eigenvalue weighted by molar-refractivity contribution is 7.98. The third-order valence-corrected chi connectivity index (χ3v) is 4.61. The molecule has 3 nitrogen and oxygen atoms in total. The van der Waals surface area contributed by atoms with Crippen molar-refractivity contribution in [3.05, 3.63) is 54.1 Å². The molecule has 24 heavy (non-hydrogen) atoms. The lowest BCUT2D eigenvalue weighted by atomic mass is 10.0. The first-order valence-corrected chi connectivity index (χ1v) is 9.53. The molecule has 2 N–H and O–H groups in total. The van der Waals surface area contributed by atoms with Crippen molar-refractivity contribution in [2.75, 3.05) is 18.6 Å². The maximum absolute atomic E-state index is 12.0. The maximum Gasteiger partial charge on any atom is 0.137 e. The summed E-state index contributed by atoms with van der Waals surface area (Å²) in [4.78, 5) is 13.2. The number of benzene rings is 2. The van der Waals surface area contributed by atoms with Gasteiger partial charge in [-0.2, -0.15) is 0 Å². The van der Waals surface area contributed by atoms with E-state index in [2.05, 4.69) is 18.4 Å². The molecule has 2 aromatic carbocycles. The summed E-state index contributed by atoms with van der Waals surface area (Å²) in [7, 11) is 0. The number of carbonyl (C=O) groups excluding carboxylic acids is 1. The Morgan fingerprint density at radius 3 is 2.50 bits per heavy atom. The fourth-order valence-corrected chi connectivity index (χ4v) is 2.87. The van der Waals surface area contributed by atoms with Gasteiger partial charge in [-0.05, 0) is 61.4 Å². The smallest absolute Gasteiger partial charge is 0.137 e. The minimum Gasteiger partial charge on any atom is -0.494 e. The first-order chi connectivity index (χ1) is 11.7. The van der Waals surface area contributed by atoms with Crippen LogP contribution in [-0.4, -0.2) is 18.6 Å². The van der Waals surface area contributed by atoms with Crippen molar-refractivity contribution < 1.29 is 9.53 Å². The zero-order valence-corrected chi connectivity index (χ0v) is 15.0. The molecular weight excluding hydrogens is 318 g/mol. The van der Waals surface area contributed by atoms with Gasteiger partial charge in [0.2, 0.25) is 0 Å². The number of para-hydroxylation sites is 1. The summed E-state index contributed by atoms with van der Waals surface area (Å²) in [6, 6.07) is 15.7. The van der Waals surface area contributed by atoms with Crippen LogP contribution in [0, 0.1) is 0 Å². The molecule has 0 aliphatic carbocycles. The Balaban J connectivity index is 1.57. The zero-order valence-electron chi connectivity index (χ0n) is 14.2. The number of Topliss-reactive ketones (excluding diaryl/α,β-unsaturated/α-hetero) is 1. The van der Waals surface area contributed by atoms with E-state index < -0.39 is 0 Å².